The predicted molar refractivity (Wildman–Crippen MR) is 75.2 cm³/mol. The van der Waals surface area contributed by atoms with Crippen LogP contribution in [0.4, 0.5) is 5.69 Å². The Labute approximate surface area is 119 Å². The molecule has 0 aromatic carbocycles. The molecule has 1 fully saturated rings. The van der Waals surface area contributed by atoms with E-state index in [0.717, 1.165) is 34.5 Å². The number of carbonyl (C=O) groups is 1. The highest BCUT2D eigenvalue weighted by Crippen LogP contribution is 2.20. The highest BCUT2D eigenvalue weighted by atomic mass is 79.9. The maximum Gasteiger partial charge on any atom is 0.253 e. The van der Waals surface area contributed by atoms with Gasteiger partial charge in [-0.15, -0.1) is 0 Å². The molecule has 1 atom stereocenters. The van der Waals surface area contributed by atoms with Crippen molar-refractivity contribution in [2.45, 2.75) is 25.9 Å². The van der Waals surface area contributed by atoms with Gasteiger partial charge in [0.25, 0.3) is 5.91 Å². The fourth-order valence-electron chi connectivity index (χ4n) is 2.21. The van der Waals surface area contributed by atoms with Gasteiger partial charge in [0.15, 0.2) is 0 Å². The SMILES string of the molecule is Cc1c(Br)nc2ccc(NC(=O)C3CCCO3)cn12. The van der Waals surface area contributed by atoms with Crippen LogP contribution in [0.25, 0.3) is 5.65 Å². The van der Waals surface area contributed by atoms with Crippen molar-refractivity contribution >= 4 is 33.2 Å². The number of pyridine rings is 1. The van der Waals surface area contributed by atoms with Gasteiger partial charge in [-0.05, 0) is 47.8 Å². The first-order chi connectivity index (χ1) is 9.15. The van der Waals surface area contributed by atoms with E-state index >= 15 is 0 Å². The van der Waals surface area contributed by atoms with Gasteiger partial charge in [0.05, 0.1) is 11.4 Å². The minimum Gasteiger partial charge on any atom is -0.368 e. The molecule has 5 nitrogen and oxygen atoms in total. The van der Waals surface area contributed by atoms with Crippen LogP contribution in [-0.2, 0) is 9.53 Å². The van der Waals surface area contributed by atoms with Gasteiger partial charge in [-0.25, -0.2) is 4.98 Å². The molecule has 1 aliphatic heterocycles. The Hall–Kier alpha value is -1.40. The first-order valence-corrected chi connectivity index (χ1v) is 7.01. The Balaban J connectivity index is 1.84. The maximum absolute atomic E-state index is 12.0. The summed E-state index contributed by atoms with van der Waals surface area (Å²) in [6.07, 6.45) is 3.30. The minimum atomic E-state index is -0.314. The summed E-state index contributed by atoms with van der Waals surface area (Å²) in [7, 11) is 0. The number of nitrogens with zero attached hydrogens (tertiary/aromatic N) is 2. The lowest BCUT2D eigenvalue weighted by Gasteiger charge is -2.10. The van der Waals surface area contributed by atoms with Crippen molar-refractivity contribution in [2.24, 2.45) is 0 Å². The Bertz CT molecular complexity index is 632. The van der Waals surface area contributed by atoms with E-state index in [1.54, 1.807) is 0 Å². The highest BCUT2D eigenvalue weighted by molar-refractivity contribution is 9.10. The number of hydrogen-bond donors (Lipinski definition) is 1. The molecule has 6 heteroatoms. The van der Waals surface area contributed by atoms with Crippen LogP contribution in [0.1, 0.15) is 18.5 Å². The fraction of sp³-hybridized carbons (Fsp3) is 0.385. The first-order valence-electron chi connectivity index (χ1n) is 6.22. The Kier molecular flexibility index (Phi) is 3.28. The van der Waals surface area contributed by atoms with Crippen molar-refractivity contribution in [3.8, 4) is 0 Å². The molecular formula is C13H14BrN3O2. The summed E-state index contributed by atoms with van der Waals surface area (Å²) in [4.78, 5) is 16.3. The molecule has 3 heterocycles. The summed E-state index contributed by atoms with van der Waals surface area (Å²) in [5, 5.41) is 2.88. The number of ether oxygens (including phenoxy) is 1. The molecule has 0 bridgehead atoms. The molecule has 0 aliphatic carbocycles. The number of rotatable bonds is 2. The van der Waals surface area contributed by atoms with Crippen LogP contribution in [0.2, 0.25) is 0 Å². The van der Waals surface area contributed by atoms with Crippen LogP contribution in [-0.4, -0.2) is 28.0 Å². The largest absolute Gasteiger partial charge is 0.368 e. The Morgan fingerprint density at radius 3 is 3.16 bits per heavy atom. The highest BCUT2D eigenvalue weighted by Gasteiger charge is 2.23. The first kappa shape index (κ1) is 12.6. The van der Waals surface area contributed by atoms with E-state index in [0.29, 0.717) is 6.61 Å². The smallest absolute Gasteiger partial charge is 0.253 e. The zero-order chi connectivity index (χ0) is 13.4. The molecule has 0 saturated carbocycles. The summed E-state index contributed by atoms with van der Waals surface area (Å²) in [5.41, 5.74) is 2.60. The molecule has 1 unspecified atom stereocenters. The number of hydrogen-bond acceptors (Lipinski definition) is 3. The van der Waals surface area contributed by atoms with Gasteiger partial charge < -0.3 is 14.5 Å². The van der Waals surface area contributed by atoms with Crippen LogP contribution >= 0.6 is 15.9 Å². The summed E-state index contributed by atoms with van der Waals surface area (Å²) in [6.45, 7) is 2.64. The number of halogens is 1. The van der Waals surface area contributed by atoms with E-state index < -0.39 is 0 Å². The molecule has 1 amide bonds. The Morgan fingerprint density at radius 1 is 1.58 bits per heavy atom. The van der Waals surface area contributed by atoms with E-state index in [1.807, 2.05) is 29.7 Å². The molecule has 1 aliphatic rings. The molecule has 100 valence electrons. The molecule has 0 spiro atoms. The van der Waals surface area contributed by atoms with Crippen molar-refractivity contribution in [3.63, 3.8) is 0 Å². The third kappa shape index (κ3) is 2.37. The molecule has 19 heavy (non-hydrogen) atoms. The molecule has 1 saturated heterocycles. The zero-order valence-electron chi connectivity index (χ0n) is 10.5. The van der Waals surface area contributed by atoms with Gasteiger partial charge in [0, 0.05) is 12.8 Å². The molecule has 0 radical (unpaired) electrons. The molecule has 2 aromatic rings. The number of aromatic nitrogens is 2. The van der Waals surface area contributed by atoms with E-state index in [4.69, 9.17) is 4.74 Å². The lowest BCUT2D eigenvalue weighted by atomic mass is 10.2. The van der Waals surface area contributed by atoms with Crippen molar-refractivity contribution in [3.05, 3.63) is 28.6 Å². The predicted octanol–water partition coefficient (Wildman–Crippen LogP) is 2.52. The summed E-state index contributed by atoms with van der Waals surface area (Å²) >= 11 is 3.40. The quantitative estimate of drug-likeness (QED) is 0.923. The molecule has 2 aromatic heterocycles. The lowest BCUT2D eigenvalue weighted by molar-refractivity contribution is -0.124. The van der Waals surface area contributed by atoms with Crippen molar-refractivity contribution in [1.82, 2.24) is 9.38 Å². The van der Waals surface area contributed by atoms with Crippen molar-refractivity contribution in [1.29, 1.82) is 0 Å². The lowest BCUT2D eigenvalue weighted by Crippen LogP contribution is -2.26. The van der Waals surface area contributed by atoms with Crippen LogP contribution in [0.3, 0.4) is 0 Å². The number of imidazole rings is 1. The second kappa shape index (κ2) is 4.94. The summed E-state index contributed by atoms with van der Waals surface area (Å²) in [6, 6.07) is 3.73. The van der Waals surface area contributed by atoms with Gasteiger partial charge in [-0.2, -0.15) is 0 Å². The van der Waals surface area contributed by atoms with E-state index in [9.17, 15) is 4.79 Å². The Morgan fingerprint density at radius 2 is 2.42 bits per heavy atom. The number of amides is 1. The van der Waals surface area contributed by atoms with Gasteiger partial charge >= 0.3 is 0 Å². The average Bonchev–Trinajstić information content (AvgIpc) is 3.01. The number of carbonyl (C=O) groups excluding carboxylic acids is 1. The van der Waals surface area contributed by atoms with Crippen molar-refractivity contribution in [2.75, 3.05) is 11.9 Å². The molecule has 1 N–H and O–H groups in total. The fourth-order valence-corrected chi connectivity index (χ4v) is 2.59. The third-order valence-corrected chi connectivity index (χ3v) is 4.04. The number of fused-ring (bicyclic) bond motifs is 1. The van der Waals surface area contributed by atoms with Gasteiger partial charge in [0.1, 0.15) is 16.4 Å². The van der Waals surface area contributed by atoms with E-state index in [1.165, 1.54) is 0 Å². The zero-order valence-corrected chi connectivity index (χ0v) is 12.1. The van der Waals surface area contributed by atoms with Crippen molar-refractivity contribution < 1.29 is 9.53 Å². The van der Waals surface area contributed by atoms with Gasteiger partial charge in [0.2, 0.25) is 0 Å². The van der Waals surface area contributed by atoms with Crippen LogP contribution < -0.4 is 5.32 Å². The second-order valence-electron chi connectivity index (χ2n) is 4.62. The third-order valence-electron chi connectivity index (χ3n) is 3.29. The monoisotopic (exact) mass is 323 g/mol. The van der Waals surface area contributed by atoms with Crippen LogP contribution in [0, 0.1) is 6.92 Å². The van der Waals surface area contributed by atoms with Gasteiger partial charge in [-0.3, -0.25) is 4.79 Å². The standard InChI is InChI=1S/C13H14BrN3O2/c1-8-12(14)16-11-5-4-9(7-17(8)11)15-13(18)10-3-2-6-19-10/h4-5,7,10H,2-3,6H2,1H3,(H,15,18). The van der Waals surface area contributed by atoms with E-state index in [2.05, 4.69) is 26.2 Å². The number of aryl methyl sites for hydroxylation is 1. The molecular weight excluding hydrogens is 310 g/mol. The van der Waals surface area contributed by atoms with E-state index in [-0.39, 0.29) is 12.0 Å². The minimum absolute atomic E-state index is 0.0753. The maximum atomic E-state index is 12.0. The normalized spacial score (nSPS) is 18.9. The number of nitrogens with one attached hydrogen (secondary N) is 1. The number of anilines is 1. The summed E-state index contributed by atoms with van der Waals surface area (Å²) < 4.78 is 8.12. The second-order valence-corrected chi connectivity index (χ2v) is 5.38. The van der Waals surface area contributed by atoms with Gasteiger partial charge in [-0.1, -0.05) is 0 Å². The van der Waals surface area contributed by atoms with Crippen LogP contribution in [0.5, 0.6) is 0 Å². The topological polar surface area (TPSA) is 55.6 Å². The molecule has 3 rings (SSSR count). The summed E-state index contributed by atoms with van der Waals surface area (Å²) in [5.74, 6) is -0.0753. The van der Waals surface area contributed by atoms with Crippen LogP contribution in [0.15, 0.2) is 22.9 Å². The average molecular weight is 324 g/mol.